The molecule has 7 nitrogen and oxygen atoms in total. The molecular formula is C21H30N4O3. The molecule has 0 bridgehead atoms. The number of hydrogen-bond donors (Lipinski definition) is 2. The second kappa shape index (κ2) is 9.59. The number of carbonyl (C=O) groups is 1. The Hall–Kier alpha value is -2.54. The number of nitrogens with zero attached hydrogens (tertiary/aromatic N) is 2. The van der Waals surface area contributed by atoms with Gasteiger partial charge in [-0.2, -0.15) is 5.10 Å². The number of benzene rings is 1. The predicted molar refractivity (Wildman–Crippen MR) is 108 cm³/mol. The number of aromatic amines is 1. The number of hydrogen-bond acceptors (Lipinski definition) is 5. The summed E-state index contributed by atoms with van der Waals surface area (Å²) in [4.78, 5) is 15.0. The standard InChI is InChI=1S/C21H30N4O3/c1-4-10-25(21(26)20-16-13-22-9-8-17(16)23-24-20)14-15-6-7-18(28-11-5-2)19(12-15)27-3/h6-7,12,22H,4-5,8-11,13-14H2,1-3H3,(H,23,24). The van der Waals surface area contributed by atoms with Gasteiger partial charge in [-0.15, -0.1) is 0 Å². The van der Waals surface area contributed by atoms with Crippen LogP contribution in [0.25, 0.3) is 0 Å². The van der Waals surface area contributed by atoms with E-state index in [1.165, 1.54) is 0 Å². The van der Waals surface area contributed by atoms with Crippen molar-refractivity contribution in [3.05, 3.63) is 40.7 Å². The topological polar surface area (TPSA) is 79.5 Å². The fourth-order valence-electron chi connectivity index (χ4n) is 3.44. The van der Waals surface area contributed by atoms with Gasteiger partial charge in [0.1, 0.15) is 0 Å². The number of ether oxygens (including phenoxy) is 2. The molecule has 0 unspecified atom stereocenters. The molecule has 28 heavy (non-hydrogen) atoms. The van der Waals surface area contributed by atoms with E-state index in [0.717, 1.165) is 48.4 Å². The third kappa shape index (κ3) is 4.47. The van der Waals surface area contributed by atoms with Crippen molar-refractivity contribution < 1.29 is 14.3 Å². The largest absolute Gasteiger partial charge is 0.493 e. The zero-order valence-corrected chi connectivity index (χ0v) is 17.0. The second-order valence-corrected chi connectivity index (χ2v) is 7.02. The van der Waals surface area contributed by atoms with Crippen molar-refractivity contribution in [1.82, 2.24) is 20.4 Å². The molecule has 1 aliphatic rings. The number of fused-ring (bicyclic) bond motifs is 1. The molecular weight excluding hydrogens is 356 g/mol. The van der Waals surface area contributed by atoms with Crippen LogP contribution in [0.3, 0.4) is 0 Å². The van der Waals surface area contributed by atoms with E-state index < -0.39 is 0 Å². The predicted octanol–water partition coefficient (Wildman–Crippen LogP) is 2.91. The van der Waals surface area contributed by atoms with Crippen LogP contribution >= 0.6 is 0 Å². The van der Waals surface area contributed by atoms with Crippen LogP contribution < -0.4 is 14.8 Å². The van der Waals surface area contributed by atoms with Crippen LogP contribution in [0.15, 0.2) is 18.2 Å². The van der Waals surface area contributed by atoms with Gasteiger partial charge >= 0.3 is 0 Å². The van der Waals surface area contributed by atoms with Gasteiger partial charge in [-0.1, -0.05) is 19.9 Å². The highest BCUT2D eigenvalue weighted by Gasteiger charge is 2.25. The van der Waals surface area contributed by atoms with E-state index in [0.29, 0.717) is 37.7 Å². The average molecular weight is 386 g/mol. The molecule has 7 heteroatoms. The molecule has 2 N–H and O–H groups in total. The summed E-state index contributed by atoms with van der Waals surface area (Å²) in [5.41, 5.74) is 3.60. The van der Waals surface area contributed by atoms with Gasteiger partial charge in [-0.25, -0.2) is 0 Å². The van der Waals surface area contributed by atoms with E-state index in [9.17, 15) is 4.79 Å². The molecule has 1 aliphatic heterocycles. The number of rotatable bonds is 9. The van der Waals surface area contributed by atoms with Crippen LogP contribution in [-0.4, -0.2) is 47.8 Å². The van der Waals surface area contributed by atoms with Crippen molar-refractivity contribution in [3.63, 3.8) is 0 Å². The lowest BCUT2D eigenvalue weighted by Gasteiger charge is -2.23. The molecule has 0 fully saturated rings. The molecule has 0 atom stereocenters. The van der Waals surface area contributed by atoms with Crippen LogP contribution in [0.4, 0.5) is 0 Å². The van der Waals surface area contributed by atoms with Crippen LogP contribution in [0.2, 0.25) is 0 Å². The molecule has 0 spiro atoms. The highest BCUT2D eigenvalue weighted by atomic mass is 16.5. The Labute approximate surface area is 166 Å². The van der Waals surface area contributed by atoms with Crippen LogP contribution in [0.1, 0.15) is 54.0 Å². The summed E-state index contributed by atoms with van der Waals surface area (Å²) in [6.07, 6.45) is 2.69. The van der Waals surface area contributed by atoms with E-state index in [2.05, 4.69) is 29.4 Å². The van der Waals surface area contributed by atoms with E-state index in [-0.39, 0.29) is 5.91 Å². The summed E-state index contributed by atoms with van der Waals surface area (Å²) < 4.78 is 11.2. The summed E-state index contributed by atoms with van der Waals surface area (Å²) in [6, 6.07) is 5.85. The third-order valence-corrected chi connectivity index (χ3v) is 4.85. The summed E-state index contributed by atoms with van der Waals surface area (Å²) in [5.74, 6) is 1.39. The molecule has 0 radical (unpaired) electrons. The van der Waals surface area contributed by atoms with Crippen molar-refractivity contribution in [2.24, 2.45) is 0 Å². The molecule has 1 amide bonds. The minimum absolute atomic E-state index is 0.0340. The van der Waals surface area contributed by atoms with Crippen molar-refractivity contribution in [2.45, 2.75) is 46.2 Å². The van der Waals surface area contributed by atoms with Gasteiger partial charge in [-0.3, -0.25) is 9.89 Å². The minimum atomic E-state index is -0.0340. The second-order valence-electron chi connectivity index (χ2n) is 7.02. The first-order valence-electron chi connectivity index (χ1n) is 10.0. The summed E-state index contributed by atoms with van der Waals surface area (Å²) >= 11 is 0. The lowest BCUT2D eigenvalue weighted by Crippen LogP contribution is -2.33. The van der Waals surface area contributed by atoms with Crippen LogP contribution in [0.5, 0.6) is 11.5 Å². The van der Waals surface area contributed by atoms with Crippen molar-refractivity contribution >= 4 is 5.91 Å². The Bertz CT molecular complexity index is 803. The zero-order chi connectivity index (χ0) is 19.9. The molecule has 0 saturated heterocycles. The van der Waals surface area contributed by atoms with E-state index in [1.807, 2.05) is 23.1 Å². The first-order valence-corrected chi connectivity index (χ1v) is 10.0. The molecule has 1 aromatic carbocycles. The van der Waals surface area contributed by atoms with Crippen molar-refractivity contribution in [2.75, 3.05) is 26.8 Å². The lowest BCUT2D eigenvalue weighted by molar-refractivity contribution is 0.0735. The van der Waals surface area contributed by atoms with E-state index >= 15 is 0 Å². The molecule has 2 heterocycles. The number of H-pyrrole nitrogens is 1. The summed E-state index contributed by atoms with van der Waals surface area (Å²) in [5, 5.41) is 10.7. The average Bonchev–Trinajstić information content (AvgIpc) is 3.16. The molecule has 0 aliphatic carbocycles. The van der Waals surface area contributed by atoms with E-state index in [4.69, 9.17) is 9.47 Å². The number of amides is 1. The number of carbonyl (C=O) groups excluding carboxylic acids is 1. The number of aromatic nitrogens is 2. The molecule has 152 valence electrons. The number of methoxy groups -OCH3 is 1. The molecule has 0 saturated carbocycles. The van der Waals surface area contributed by atoms with Crippen LogP contribution in [-0.2, 0) is 19.5 Å². The Morgan fingerprint density at radius 3 is 2.86 bits per heavy atom. The number of nitrogens with one attached hydrogen (secondary N) is 2. The lowest BCUT2D eigenvalue weighted by atomic mass is 10.1. The van der Waals surface area contributed by atoms with Gasteiger partial charge in [0.15, 0.2) is 17.2 Å². The minimum Gasteiger partial charge on any atom is -0.493 e. The summed E-state index contributed by atoms with van der Waals surface area (Å²) in [6.45, 7) is 7.56. The van der Waals surface area contributed by atoms with Gasteiger partial charge in [0, 0.05) is 43.9 Å². The highest BCUT2D eigenvalue weighted by Crippen LogP contribution is 2.29. The molecule has 1 aromatic heterocycles. The maximum Gasteiger partial charge on any atom is 0.274 e. The normalized spacial score (nSPS) is 13.1. The first-order chi connectivity index (χ1) is 13.7. The monoisotopic (exact) mass is 386 g/mol. The maximum absolute atomic E-state index is 13.2. The smallest absolute Gasteiger partial charge is 0.274 e. The van der Waals surface area contributed by atoms with Crippen LogP contribution in [0, 0.1) is 0 Å². The van der Waals surface area contributed by atoms with Crippen molar-refractivity contribution in [3.8, 4) is 11.5 Å². The quantitative estimate of drug-likeness (QED) is 0.693. The fraction of sp³-hybridized carbons (Fsp3) is 0.524. The highest BCUT2D eigenvalue weighted by molar-refractivity contribution is 5.94. The van der Waals surface area contributed by atoms with Gasteiger partial charge in [0.2, 0.25) is 0 Å². The SMILES string of the molecule is CCCOc1ccc(CN(CCC)C(=O)c2n[nH]c3c2CNCC3)cc1OC. The fourth-order valence-corrected chi connectivity index (χ4v) is 3.44. The van der Waals surface area contributed by atoms with Gasteiger partial charge < -0.3 is 19.7 Å². The van der Waals surface area contributed by atoms with Gasteiger partial charge in [0.25, 0.3) is 5.91 Å². The molecule has 3 rings (SSSR count). The Balaban J connectivity index is 1.79. The third-order valence-electron chi connectivity index (χ3n) is 4.85. The Morgan fingerprint density at radius 1 is 1.25 bits per heavy atom. The maximum atomic E-state index is 13.2. The van der Waals surface area contributed by atoms with Gasteiger partial charge in [0.05, 0.1) is 13.7 Å². The summed E-state index contributed by atoms with van der Waals surface area (Å²) in [7, 11) is 1.63. The molecule has 2 aromatic rings. The van der Waals surface area contributed by atoms with Gasteiger partial charge in [-0.05, 0) is 30.5 Å². The Kier molecular flexibility index (Phi) is 6.92. The zero-order valence-electron chi connectivity index (χ0n) is 17.0. The Morgan fingerprint density at radius 2 is 2.11 bits per heavy atom. The van der Waals surface area contributed by atoms with Crippen molar-refractivity contribution in [1.29, 1.82) is 0 Å². The first kappa shape index (κ1) is 20.2. The van der Waals surface area contributed by atoms with E-state index in [1.54, 1.807) is 7.11 Å².